The molecular weight excluding hydrogens is 282 g/mol. The molecule has 98 valence electrons. The van der Waals surface area contributed by atoms with Crippen LogP contribution in [-0.4, -0.2) is 20.6 Å². The Hall–Kier alpha value is -1.73. The zero-order valence-electron chi connectivity index (χ0n) is 10.4. The van der Waals surface area contributed by atoms with E-state index in [1.54, 1.807) is 10.6 Å². The van der Waals surface area contributed by atoms with Gasteiger partial charge < -0.3 is 4.74 Å². The topological polar surface area (TPSA) is 56.5 Å². The van der Waals surface area contributed by atoms with Crippen LogP contribution in [0.25, 0.3) is 4.96 Å². The molecule has 0 saturated heterocycles. The van der Waals surface area contributed by atoms with Crippen molar-refractivity contribution in [3.05, 3.63) is 39.3 Å². The number of aromatic nitrogens is 3. The van der Waals surface area contributed by atoms with Crippen LogP contribution in [-0.2, 0) is 4.74 Å². The van der Waals surface area contributed by atoms with Gasteiger partial charge in [0, 0.05) is 0 Å². The lowest BCUT2D eigenvalue weighted by Crippen LogP contribution is -2.08. The number of ether oxygens (including phenoxy) is 1. The Morgan fingerprint density at radius 2 is 2.37 bits per heavy atom. The molecule has 0 bridgehead atoms. The first-order valence-electron chi connectivity index (χ1n) is 5.70. The molecule has 0 aromatic carbocycles. The van der Waals surface area contributed by atoms with E-state index in [0.717, 1.165) is 15.5 Å². The first-order chi connectivity index (χ1) is 9.16. The predicted octanol–water partition coefficient (Wildman–Crippen LogP) is 3.08. The quantitative estimate of drug-likeness (QED) is 0.696. The van der Waals surface area contributed by atoms with E-state index in [2.05, 4.69) is 10.1 Å². The summed E-state index contributed by atoms with van der Waals surface area (Å²) in [5.74, 6) is -0.291. The maximum absolute atomic E-state index is 11.9. The van der Waals surface area contributed by atoms with Gasteiger partial charge in [-0.15, -0.1) is 11.3 Å². The molecule has 0 saturated carbocycles. The summed E-state index contributed by atoms with van der Waals surface area (Å²) in [6.07, 6.45) is 1.22. The summed E-state index contributed by atoms with van der Waals surface area (Å²) in [6, 6.07) is 3.59. The summed E-state index contributed by atoms with van der Waals surface area (Å²) in [5.41, 5.74) is 0.962. The van der Waals surface area contributed by atoms with Crippen LogP contribution in [0.3, 0.4) is 0 Å². The number of hydrogen-bond donors (Lipinski definition) is 0. The molecule has 3 rings (SSSR count). The van der Waals surface area contributed by atoms with Gasteiger partial charge in [0.2, 0.25) is 4.96 Å². The van der Waals surface area contributed by atoms with Crippen molar-refractivity contribution < 1.29 is 9.53 Å². The molecule has 5 nitrogen and oxygen atoms in total. The lowest BCUT2D eigenvalue weighted by molar-refractivity contribution is 0.0349. The minimum Gasteiger partial charge on any atom is -0.453 e. The maximum Gasteiger partial charge on any atom is 0.348 e. The summed E-state index contributed by atoms with van der Waals surface area (Å²) in [4.78, 5) is 18.5. The van der Waals surface area contributed by atoms with E-state index in [4.69, 9.17) is 4.74 Å². The van der Waals surface area contributed by atoms with Crippen LogP contribution in [0.4, 0.5) is 0 Å². The van der Waals surface area contributed by atoms with E-state index in [1.807, 2.05) is 25.3 Å². The van der Waals surface area contributed by atoms with Crippen LogP contribution in [0.1, 0.15) is 33.3 Å². The van der Waals surface area contributed by atoms with Gasteiger partial charge >= 0.3 is 5.97 Å². The number of carbonyl (C=O) groups excluding carboxylic acids is 1. The lowest BCUT2D eigenvalue weighted by atomic mass is 10.3. The van der Waals surface area contributed by atoms with Crippen LogP contribution < -0.4 is 0 Å². The second-order valence-electron chi connectivity index (χ2n) is 4.03. The molecule has 0 fully saturated rings. The van der Waals surface area contributed by atoms with Crippen molar-refractivity contribution in [2.24, 2.45) is 0 Å². The normalized spacial score (nSPS) is 12.7. The molecule has 0 radical (unpaired) electrons. The van der Waals surface area contributed by atoms with Crippen molar-refractivity contribution in [1.82, 2.24) is 14.6 Å². The number of carbonyl (C=O) groups is 1. The molecule has 3 heterocycles. The smallest absolute Gasteiger partial charge is 0.348 e. The third kappa shape index (κ3) is 2.15. The summed E-state index contributed by atoms with van der Waals surface area (Å²) >= 11 is 2.87. The number of hydrogen-bond acceptors (Lipinski definition) is 6. The average molecular weight is 293 g/mol. The number of fused-ring (bicyclic) bond motifs is 1. The molecule has 0 aliphatic heterocycles. The number of thiazole rings is 1. The van der Waals surface area contributed by atoms with Crippen LogP contribution in [0.2, 0.25) is 0 Å². The fraction of sp³-hybridized carbons (Fsp3) is 0.250. The molecule has 3 aromatic heterocycles. The van der Waals surface area contributed by atoms with E-state index in [0.29, 0.717) is 4.88 Å². The first-order valence-corrected chi connectivity index (χ1v) is 7.40. The van der Waals surface area contributed by atoms with Crippen molar-refractivity contribution in [1.29, 1.82) is 0 Å². The maximum atomic E-state index is 11.9. The average Bonchev–Trinajstić information content (AvgIpc) is 3.07. The molecule has 0 aliphatic carbocycles. The SMILES string of the molecule is Cc1c([C@H](C)OC(=O)c2cccs2)sc2ncnn12. The van der Waals surface area contributed by atoms with Crippen molar-refractivity contribution in [3.63, 3.8) is 0 Å². The second kappa shape index (κ2) is 4.75. The highest BCUT2D eigenvalue weighted by atomic mass is 32.1. The Labute approximate surface area is 117 Å². The van der Waals surface area contributed by atoms with Crippen molar-refractivity contribution in [3.8, 4) is 0 Å². The molecule has 0 aliphatic rings. The summed E-state index contributed by atoms with van der Waals surface area (Å²) in [6.45, 7) is 3.81. The minimum atomic E-state index is -0.303. The van der Waals surface area contributed by atoms with Gasteiger partial charge in [0.15, 0.2) is 0 Å². The summed E-state index contributed by atoms with van der Waals surface area (Å²) < 4.78 is 7.23. The first kappa shape index (κ1) is 12.3. The Morgan fingerprint density at radius 3 is 3.05 bits per heavy atom. The van der Waals surface area contributed by atoms with E-state index < -0.39 is 0 Å². The van der Waals surface area contributed by atoms with E-state index in [9.17, 15) is 4.79 Å². The number of esters is 1. The molecule has 0 amide bonds. The van der Waals surface area contributed by atoms with Gasteiger partial charge in [-0.05, 0) is 25.3 Å². The van der Waals surface area contributed by atoms with Crippen molar-refractivity contribution in [2.45, 2.75) is 20.0 Å². The van der Waals surface area contributed by atoms with Gasteiger partial charge in [-0.25, -0.2) is 14.3 Å². The van der Waals surface area contributed by atoms with Gasteiger partial charge in [0.25, 0.3) is 0 Å². The van der Waals surface area contributed by atoms with Gasteiger partial charge in [0.05, 0.1) is 10.6 Å². The van der Waals surface area contributed by atoms with E-state index >= 15 is 0 Å². The Balaban J connectivity index is 1.83. The second-order valence-corrected chi connectivity index (χ2v) is 5.99. The standard InChI is InChI=1S/C12H11N3O2S2/c1-7-10(19-12-13-6-14-15(7)12)8(2)17-11(16)9-4-3-5-18-9/h3-6,8H,1-2H3/t8-/m0/s1. The fourth-order valence-corrected chi connectivity index (χ4v) is 3.47. The molecule has 0 spiro atoms. The number of aryl methyl sites for hydroxylation is 1. The Bertz CT molecular complexity index is 715. The minimum absolute atomic E-state index is 0.291. The largest absolute Gasteiger partial charge is 0.453 e. The van der Waals surface area contributed by atoms with Crippen LogP contribution in [0.15, 0.2) is 23.8 Å². The van der Waals surface area contributed by atoms with Gasteiger partial charge in [0.1, 0.15) is 17.3 Å². The number of nitrogens with zero attached hydrogens (tertiary/aromatic N) is 3. The monoisotopic (exact) mass is 293 g/mol. The third-order valence-electron chi connectivity index (χ3n) is 2.77. The zero-order valence-corrected chi connectivity index (χ0v) is 12.0. The highest BCUT2D eigenvalue weighted by Crippen LogP contribution is 2.30. The molecule has 7 heteroatoms. The Kier molecular flexibility index (Phi) is 3.08. The van der Waals surface area contributed by atoms with Gasteiger partial charge in [-0.2, -0.15) is 5.10 Å². The Morgan fingerprint density at radius 1 is 1.53 bits per heavy atom. The van der Waals surface area contributed by atoms with Gasteiger partial charge in [-0.1, -0.05) is 17.4 Å². The predicted molar refractivity (Wildman–Crippen MR) is 73.8 cm³/mol. The highest BCUT2D eigenvalue weighted by molar-refractivity contribution is 7.17. The molecule has 19 heavy (non-hydrogen) atoms. The van der Waals surface area contributed by atoms with Crippen LogP contribution in [0, 0.1) is 6.92 Å². The lowest BCUT2D eigenvalue weighted by Gasteiger charge is -2.11. The fourth-order valence-electron chi connectivity index (χ4n) is 1.85. The summed E-state index contributed by atoms with van der Waals surface area (Å²) in [5, 5.41) is 5.98. The van der Waals surface area contributed by atoms with E-state index in [-0.39, 0.29) is 12.1 Å². The zero-order chi connectivity index (χ0) is 13.4. The number of rotatable bonds is 3. The van der Waals surface area contributed by atoms with Crippen molar-refractivity contribution >= 4 is 33.6 Å². The van der Waals surface area contributed by atoms with Crippen molar-refractivity contribution in [2.75, 3.05) is 0 Å². The summed E-state index contributed by atoms with van der Waals surface area (Å²) in [7, 11) is 0. The molecular formula is C12H11N3O2S2. The highest BCUT2D eigenvalue weighted by Gasteiger charge is 2.20. The number of thiophene rings is 1. The third-order valence-corrected chi connectivity index (χ3v) is 4.93. The van der Waals surface area contributed by atoms with Crippen LogP contribution in [0.5, 0.6) is 0 Å². The van der Waals surface area contributed by atoms with Gasteiger partial charge in [-0.3, -0.25) is 0 Å². The van der Waals surface area contributed by atoms with E-state index in [1.165, 1.54) is 29.0 Å². The molecule has 0 N–H and O–H groups in total. The van der Waals surface area contributed by atoms with Crippen LogP contribution >= 0.6 is 22.7 Å². The molecule has 3 aromatic rings. The molecule has 1 atom stereocenters. The molecule has 0 unspecified atom stereocenters.